The molecule has 1 aliphatic carbocycles. The van der Waals surface area contributed by atoms with Crippen LogP contribution in [-0.4, -0.2) is 35.6 Å². The second-order valence-corrected chi connectivity index (χ2v) is 5.26. The molecular formula is C13H24N2O3. The fourth-order valence-corrected chi connectivity index (χ4v) is 2.35. The van der Waals surface area contributed by atoms with E-state index in [0.29, 0.717) is 18.9 Å². The molecule has 1 aliphatic rings. The SMILES string of the molecule is CC(C)NCCCC(=O)NC1CCCC1C(=O)O. The van der Waals surface area contributed by atoms with Gasteiger partial charge in [0.05, 0.1) is 5.92 Å². The molecule has 104 valence electrons. The second kappa shape index (κ2) is 7.36. The monoisotopic (exact) mass is 256 g/mol. The van der Waals surface area contributed by atoms with Crippen LogP contribution in [0, 0.1) is 5.92 Å². The van der Waals surface area contributed by atoms with Crippen molar-refractivity contribution in [2.45, 2.75) is 58.0 Å². The number of amides is 1. The Bertz CT molecular complexity index is 292. The van der Waals surface area contributed by atoms with Gasteiger partial charge in [0.2, 0.25) is 5.91 Å². The fourth-order valence-electron chi connectivity index (χ4n) is 2.35. The normalized spacial score (nSPS) is 23.3. The van der Waals surface area contributed by atoms with Gasteiger partial charge in [-0.1, -0.05) is 20.3 Å². The van der Waals surface area contributed by atoms with Crippen LogP contribution in [0.4, 0.5) is 0 Å². The molecule has 2 atom stereocenters. The summed E-state index contributed by atoms with van der Waals surface area (Å²) in [7, 11) is 0. The van der Waals surface area contributed by atoms with E-state index in [0.717, 1.165) is 25.8 Å². The number of hydrogen-bond acceptors (Lipinski definition) is 3. The molecule has 1 rings (SSSR count). The van der Waals surface area contributed by atoms with Crippen LogP contribution in [0.5, 0.6) is 0 Å². The van der Waals surface area contributed by atoms with Gasteiger partial charge in [-0.05, 0) is 25.8 Å². The number of rotatable bonds is 7. The molecule has 0 spiro atoms. The lowest BCUT2D eigenvalue weighted by atomic mass is 10.0. The van der Waals surface area contributed by atoms with Crippen LogP contribution in [0.2, 0.25) is 0 Å². The van der Waals surface area contributed by atoms with Crippen molar-refractivity contribution in [3.05, 3.63) is 0 Å². The molecule has 1 fully saturated rings. The van der Waals surface area contributed by atoms with E-state index in [9.17, 15) is 9.59 Å². The van der Waals surface area contributed by atoms with Gasteiger partial charge < -0.3 is 15.7 Å². The molecule has 1 saturated carbocycles. The Kier molecular flexibility index (Phi) is 6.12. The molecule has 0 aromatic rings. The Morgan fingerprint density at radius 2 is 2.06 bits per heavy atom. The van der Waals surface area contributed by atoms with Crippen LogP contribution >= 0.6 is 0 Å². The number of carbonyl (C=O) groups excluding carboxylic acids is 1. The smallest absolute Gasteiger partial charge is 0.308 e. The Labute approximate surface area is 108 Å². The predicted octanol–water partition coefficient (Wildman–Crippen LogP) is 1.13. The maximum Gasteiger partial charge on any atom is 0.308 e. The molecule has 0 radical (unpaired) electrons. The first-order valence-electron chi connectivity index (χ1n) is 6.76. The van der Waals surface area contributed by atoms with Gasteiger partial charge in [-0.25, -0.2) is 0 Å². The molecular weight excluding hydrogens is 232 g/mol. The highest BCUT2D eigenvalue weighted by Crippen LogP contribution is 2.25. The molecule has 5 heteroatoms. The highest BCUT2D eigenvalue weighted by Gasteiger charge is 2.33. The summed E-state index contributed by atoms with van der Waals surface area (Å²) in [6, 6.07) is 0.257. The average molecular weight is 256 g/mol. The van der Waals surface area contributed by atoms with Crippen molar-refractivity contribution in [3.8, 4) is 0 Å². The molecule has 2 unspecified atom stereocenters. The summed E-state index contributed by atoms with van der Waals surface area (Å²) in [5.41, 5.74) is 0. The molecule has 0 saturated heterocycles. The van der Waals surface area contributed by atoms with Gasteiger partial charge in [0, 0.05) is 18.5 Å². The van der Waals surface area contributed by atoms with E-state index >= 15 is 0 Å². The number of carboxylic acid groups (broad SMARTS) is 1. The van der Waals surface area contributed by atoms with E-state index in [1.54, 1.807) is 0 Å². The second-order valence-electron chi connectivity index (χ2n) is 5.26. The lowest BCUT2D eigenvalue weighted by Gasteiger charge is -2.17. The van der Waals surface area contributed by atoms with Crippen molar-refractivity contribution in [1.29, 1.82) is 0 Å². The Morgan fingerprint density at radius 1 is 1.33 bits per heavy atom. The maximum atomic E-state index is 11.7. The Morgan fingerprint density at radius 3 is 2.67 bits per heavy atom. The summed E-state index contributed by atoms with van der Waals surface area (Å²) in [5.74, 6) is -1.22. The number of nitrogens with one attached hydrogen (secondary N) is 2. The molecule has 0 aromatic carbocycles. The van der Waals surface area contributed by atoms with Gasteiger partial charge in [-0.15, -0.1) is 0 Å². The summed E-state index contributed by atoms with van der Waals surface area (Å²) >= 11 is 0. The van der Waals surface area contributed by atoms with Gasteiger partial charge in [0.1, 0.15) is 0 Å². The van der Waals surface area contributed by atoms with Crippen LogP contribution in [0.1, 0.15) is 46.0 Å². The molecule has 18 heavy (non-hydrogen) atoms. The lowest BCUT2D eigenvalue weighted by molar-refractivity contribution is -0.142. The van der Waals surface area contributed by atoms with Crippen molar-refractivity contribution >= 4 is 11.9 Å². The van der Waals surface area contributed by atoms with E-state index in [4.69, 9.17) is 5.11 Å². The van der Waals surface area contributed by atoms with Crippen LogP contribution in [-0.2, 0) is 9.59 Å². The summed E-state index contributed by atoms with van der Waals surface area (Å²) in [5, 5.41) is 15.1. The summed E-state index contributed by atoms with van der Waals surface area (Å²) in [6.45, 7) is 4.95. The summed E-state index contributed by atoms with van der Waals surface area (Å²) < 4.78 is 0. The van der Waals surface area contributed by atoms with Crippen molar-refractivity contribution in [2.24, 2.45) is 5.92 Å². The van der Waals surface area contributed by atoms with Crippen molar-refractivity contribution < 1.29 is 14.7 Å². The Balaban J connectivity index is 2.21. The zero-order valence-electron chi connectivity index (χ0n) is 11.2. The van der Waals surface area contributed by atoms with Crippen molar-refractivity contribution in [1.82, 2.24) is 10.6 Å². The molecule has 0 aliphatic heterocycles. The topological polar surface area (TPSA) is 78.4 Å². The summed E-state index contributed by atoms with van der Waals surface area (Å²) in [4.78, 5) is 22.6. The molecule has 1 amide bonds. The standard InChI is InChI=1S/C13H24N2O3/c1-9(2)14-8-4-7-12(16)15-11-6-3-5-10(11)13(17)18/h9-11,14H,3-8H2,1-2H3,(H,15,16)(H,17,18). The Hall–Kier alpha value is -1.10. The van der Waals surface area contributed by atoms with Gasteiger partial charge in [-0.2, -0.15) is 0 Å². The van der Waals surface area contributed by atoms with E-state index < -0.39 is 11.9 Å². The number of aliphatic carboxylic acids is 1. The minimum Gasteiger partial charge on any atom is -0.481 e. The van der Waals surface area contributed by atoms with E-state index in [2.05, 4.69) is 24.5 Å². The quantitative estimate of drug-likeness (QED) is 0.597. The van der Waals surface area contributed by atoms with E-state index in [1.807, 2.05) is 0 Å². The van der Waals surface area contributed by atoms with Gasteiger partial charge in [-0.3, -0.25) is 9.59 Å². The highest BCUT2D eigenvalue weighted by atomic mass is 16.4. The summed E-state index contributed by atoms with van der Waals surface area (Å²) in [6.07, 6.45) is 3.59. The van der Waals surface area contributed by atoms with Crippen LogP contribution in [0.3, 0.4) is 0 Å². The molecule has 0 aromatic heterocycles. The van der Waals surface area contributed by atoms with Gasteiger partial charge in [0.25, 0.3) is 0 Å². The third kappa shape index (κ3) is 5.04. The minimum absolute atomic E-state index is 0.0290. The average Bonchev–Trinajstić information content (AvgIpc) is 2.72. The van der Waals surface area contributed by atoms with Crippen LogP contribution in [0.25, 0.3) is 0 Å². The van der Waals surface area contributed by atoms with Crippen LogP contribution in [0.15, 0.2) is 0 Å². The first-order chi connectivity index (χ1) is 8.50. The van der Waals surface area contributed by atoms with Crippen molar-refractivity contribution in [3.63, 3.8) is 0 Å². The van der Waals surface area contributed by atoms with Crippen molar-refractivity contribution in [2.75, 3.05) is 6.54 Å². The maximum absolute atomic E-state index is 11.7. The highest BCUT2D eigenvalue weighted by molar-refractivity contribution is 5.78. The molecule has 0 bridgehead atoms. The van der Waals surface area contributed by atoms with E-state index in [1.165, 1.54) is 0 Å². The number of carbonyl (C=O) groups is 2. The minimum atomic E-state index is -0.792. The van der Waals surface area contributed by atoms with Gasteiger partial charge in [0.15, 0.2) is 0 Å². The number of carboxylic acids is 1. The number of hydrogen-bond donors (Lipinski definition) is 3. The largest absolute Gasteiger partial charge is 0.481 e. The lowest BCUT2D eigenvalue weighted by Crippen LogP contribution is -2.40. The first-order valence-corrected chi connectivity index (χ1v) is 6.76. The fraction of sp³-hybridized carbons (Fsp3) is 0.846. The zero-order valence-corrected chi connectivity index (χ0v) is 11.2. The first kappa shape index (κ1) is 15.0. The van der Waals surface area contributed by atoms with Crippen LogP contribution < -0.4 is 10.6 Å². The van der Waals surface area contributed by atoms with Gasteiger partial charge >= 0.3 is 5.97 Å². The molecule has 0 heterocycles. The third-order valence-electron chi connectivity index (χ3n) is 3.31. The molecule has 5 nitrogen and oxygen atoms in total. The molecule has 3 N–H and O–H groups in total. The third-order valence-corrected chi connectivity index (χ3v) is 3.31. The zero-order chi connectivity index (χ0) is 13.5. The predicted molar refractivity (Wildman–Crippen MR) is 69.3 cm³/mol. The van der Waals surface area contributed by atoms with E-state index in [-0.39, 0.29) is 11.9 Å².